The summed E-state index contributed by atoms with van der Waals surface area (Å²) in [7, 11) is 2.05. The number of likely N-dealkylation sites (tertiary alicyclic amines) is 2. The highest BCUT2D eigenvalue weighted by Crippen LogP contribution is 2.30. The number of carbonyl (C=O) groups excluding carboxylic acids is 1. The molecule has 4 rings (SSSR count). The van der Waals surface area contributed by atoms with Crippen molar-refractivity contribution in [3.05, 3.63) is 46.5 Å². The van der Waals surface area contributed by atoms with Crippen molar-refractivity contribution >= 4 is 17.5 Å². The maximum atomic E-state index is 14.0. The molecule has 0 unspecified atom stereocenters. The molecule has 1 aromatic carbocycles. The second-order valence-corrected chi connectivity index (χ2v) is 6.78. The van der Waals surface area contributed by atoms with Gasteiger partial charge in [-0.3, -0.25) is 20.3 Å². The van der Waals surface area contributed by atoms with Crippen LogP contribution in [0.3, 0.4) is 0 Å². The molecule has 2 aliphatic rings. The Hall–Kier alpha value is -3.34. The van der Waals surface area contributed by atoms with Crippen molar-refractivity contribution in [3.63, 3.8) is 0 Å². The molecule has 2 atom stereocenters. The zero-order chi connectivity index (χ0) is 19.8. The first-order chi connectivity index (χ1) is 13.4. The summed E-state index contributed by atoms with van der Waals surface area (Å²) in [4.78, 5) is 34.4. The normalized spacial score (nSPS) is 21.0. The molecule has 28 heavy (non-hydrogen) atoms. The highest BCUT2D eigenvalue weighted by molar-refractivity contribution is 5.89. The van der Waals surface area contributed by atoms with Gasteiger partial charge < -0.3 is 9.64 Å². The van der Waals surface area contributed by atoms with Crippen LogP contribution in [0.4, 0.5) is 20.7 Å². The van der Waals surface area contributed by atoms with Crippen molar-refractivity contribution in [2.45, 2.75) is 18.5 Å². The van der Waals surface area contributed by atoms with Crippen LogP contribution in [-0.4, -0.2) is 62.9 Å². The summed E-state index contributed by atoms with van der Waals surface area (Å²) in [6, 6.07) is 4.70. The number of urea groups is 1. The molecule has 2 saturated heterocycles. The summed E-state index contributed by atoms with van der Waals surface area (Å²) in [5, 5.41) is 13.4. The monoisotopic (exact) mass is 388 g/mol. The molecule has 1 aromatic heterocycles. The summed E-state index contributed by atoms with van der Waals surface area (Å²) in [6.45, 7) is 1.51. The van der Waals surface area contributed by atoms with Crippen LogP contribution in [0.1, 0.15) is 6.42 Å². The Bertz CT molecular complexity index is 940. The van der Waals surface area contributed by atoms with Crippen LogP contribution < -0.4 is 10.1 Å². The number of ether oxygens (including phenoxy) is 1. The second kappa shape index (κ2) is 7.00. The number of nitro groups is 1. The predicted molar refractivity (Wildman–Crippen MR) is 95.7 cm³/mol. The summed E-state index contributed by atoms with van der Waals surface area (Å²) < 4.78 is 19.3. The number of nitro benzene ring substituents is 1. The highest BCUT2D eigenvalue weighted by Gasteiger charge is 2.43. The number of nitrogens with zero attached hydrogens (tertiary/aromatic N) is 5. The molecule has 1 N–H and O–H groups in total. The smallest absolute Gasteiger partial charge is 0.323 e. The molecule has 0 radical (unpaired) electrons. The molecule has 3 heterocycles. The lowest BCUT2D eigenvalue weighted by molar-refractivity contribution is -0.385. The molecule has 2 aliphatic heterocycles. The minimum atomic E-state index is -0.893. The van der Waals surface area contributed by atoms with Crippen molar-refractivity contribution < 1.29 is 18.8 Å². The van der Waals surface area contributed by atoms with Crippen molar-refractivity contribution in [1.82, 2.24) is 19.8 Å². The average molecular weight is 388 g/mol. The standard InChI is InChI=1S/C17H17FN6O4/c1-22-7-12-4-11(22)8-23(12)17(25)21-15-6-16(20-9-19-15)28-14-3-2-10(24(26)27)5-13(14)18/h2-3,5-6,9,11-12H,4,7-8H2,1H3,(H,19,20,21,25)/t11-,12-/m0/s1. The van der Waals surface area contributed by atoms with E-state index in [1.807, 2.05) is 7.05 Å². The summed E-state index contributed by atoms with van der Waals surface area (Å²) in [5.74, 6) is -0.897. The van der Waals surface area contributed by atoms with Crippen molar-refractivity contribution in [1.29, 1.82) is 0 Å². The lowest BCUT2D eigenvalue weighted by Gasteiger charge is -2.31. The minimum Gasteiger partial charge on any atom is -0.436 e. The Morgan fingerprint density at radius 1 is 1.32 bits per heavy atom. The number of non-ortho nitro benzene ring substituents is 1. The van der Waals surface area contributed by atoms with Gasteiger partial charge in [-0.1, -0.05) is 0 Å². The van der Waals surface area contributed by atoms with Crippen LogP contribution in [0.15, 0.2) is 30.6 Å². The molecule has 2 aromatic rings. The molecule has 10 nitrogen and oxygen atoms in total. The van der Waals surface area contributed by atoms with Gasteiger partial charge in [-0.2, -0.15) is 0 Å². The van der Waals surface area contributed by atoms with E-state index in [2.05, 4.69) is 20.2 Å². The van der Waals surface area contributed by atoms with E-state index in [4.69, 9.17) is 4.74 Å². The maximum Gasteiger partial charge on any atom is 0.323 e. The van der Waals surface area contributed by atoms with Crippen LogP contribution in [-0.2, 0) is 0 Å². The Morgan fingerprint density at radius 2 is 2.14 bits per heavy atom. The zero-order valence-corrected chi connectivity index (χ0v) is 14.9. The topological polar surface area (TPSA) is 114 Å². The fourth-order valence-electron chi connectivity index (χ4n) is 3.56. The maximum absolute atomic E-state index is 14.0. The third-order valence-electron chi connectivity index (χ3n) is 4.99. The van der Waals surface area contributed by atoms with Crippen LogP contribution in [0.2, 0.25) is 0 Å². The second-order valence-electron chi connectivity index (χ2n) is 6.78. The van der Waals surface area contributed by atoms with Crippen molar-refractivity contribution in [2.24, 2.45) is 0 Å². The Morgan fingerprint density at radius 3 is 2.79 bits per heavy atom. The third-order valence-corrected chi connectivity index (χ3v) is 4.99. The quantitative estimate of drug-likeness (QED) is 0.631. The van der Waals surface area contributed by atoms with E-state index in [0.29, 0.717) is 12.6 Å². The average Bonchev–Trinajstić information content (AvgIpc) is 3.23. The number of hydrogen-bond acceptors (Lipinski definition) is 7. The Balaban J connectivity index is 1.43. The van der Waals surface area contributed by atoms with Gasteiger partial charge in [0.1, 0.15) is 12.1 Å². The molecule has 2 bridgehead atoms. The SMILES string of the molecule is CN1C[C@@H]2C[C@H]1CN2C(=O)Nc1cc(Oc2ccc([N+](=O)[O-])cc2F)ncn1. The first-order valence-corrected chi connectivity index (χ1v) is 8.62. The van der Waals surface area contributed by atoms with Gasteiger partial charge in [0.15, 0.2) is 11.6 Å². The van der Waals surface area contributed by atoms with Gasteiger partial charge in [0.25, 0.3) is 5.69 Å². The van der Waals surface area contributed by atoms with E-state index in [9.17, 15) is 19.3 Å². The number of piperazine rings is 1. The van der Waals surface area contributed by atoms with Gasteiger partial charge in [0.2, 0.25) is 5.88 Å². The number of hydrogen-bond donors (Lipinski definition) is 1. The van der Waals surface area contributed by atoms with Gasteiger partial charge in [0, 0.05) is 37.3 Å². The summed E-state index contributed by atoms with van der Waals surface area (Å²) >= 11 is 0. The minimum absolute atomic E-state index is 0.000675. The number of fused-ring (bicyclic) bond motifs is 2. The van der Waals surface area contributed by atoms with Gasteiger partial charge in [-0.15, -0.1) is 0 Å². The molecular formula is C17H17FN6O4. The number of halogens is 1. The number of amides is 2. The lowest BCUT2D eigenvalue weighted by atomic mass is 10.2. The molecule has 2 amide bonds. The number of aromatic nitrogens is 2. The molecule has 0 spiro atoms. The van der Waals surface area contributed by atoms with E-state index in [-0.39, 0.29) is 35.2 Å². The lowest BCUT2D eigenvalue weighted by Crippen LogP contribution is -2.48. The number of anilines is 1. The van der Waals surface area contributed by atoms with E-state index >= 15 is 0 Å². The molecule has 11 heteroatoms. The summed E-state index contributed by atoms with van der Waals surface area (Å²) in [6.07, 6.45) is 2.14. The number of rotatable bonds is 4. The van der Waals surface area contributed by atoms with Crippen LogP contribution in [0.25, 0.3) is 0 Å². The largest absolute Gasteiger partial charge is 0.436 e. The molecular weight excluding hydrogens is 371 g/mol. The van der Waals surface area contributed by atoms with E-state index < -0.39 is 10.7 Å². The number of benzene rings is 1. The predicted octanol–water partition coefficient (Wildman–Crippen LogP) is 2.24. The highest BCUT2D eigenvalue weighted by atomic mass is 19.1. The van der Waals surface area contributed by atoms with Gasteiger partial charge >= 0.3 is 6.03 Å². The third kappa shape index (κ3) is 3.43. The van der Waals surface area contributed by atoms with Crippen molar-refractivity contribution in [2.75, 3.05) is 25.5 Å². The Labute approximate surface area is 159 Å². The molecule has 146 valence electrons. The van der Waals surface area contributed by atoms with Gasteiger partial charge in [0.05, 0.1) is 11.0 Å². The van der Waals surface area contributed by atoms with Gasteiger partial charge in [-0.25, -0.2) is 19.2 Å². The molecule has 2 fully saturated rings. The first kappa shape index (κ1) is 18.0. The number of likely N-dealkylation sites (N-methyl/N-ethyl adjacent to an activating group) is 1. The van der Waals surface area contributed by atoms with Crippen LogP contribution in [0, 0.1) is 15.9 Å². The fourth-order valence-corrected chi connectivity index (χ4v) is 3.56. The molecule has 0 aliphatic carbocycles. The van der Waals surface area contributed by atoms with Gasteiger partial charge in [-0.05, 0) is 19.5 Å². The fraction of sp³-hybridized carbons (Fsp3) is 0.353. The number of nitrogens with one attached hydrogen (secondary N) is 1. The van der Waals surface area contributed by atoms with E-state index in [1.54, 1.807) is 4.90 Å². The zero-order valence-electron chi connectivity index (χ0n) is 14.9. The van der Waals surface area contributed by atoms with E-state index in [1.165, 1.54) is 12.4 Å². The summed E-state index contributed by atoms with van der Waals surface area (Å²) in [5.41, 5.74) is -0.383. The number of carbonyl (C=O) groups is 1. The van der Waals surface area contributed by atoms with E-state index in [0.717, 1.165) is 31.2 Å². The van der Waals surface area contributed by atoms with Crippen LogP contribution in [0.5, 0.6) is 11.6 Å². The first-order valence-electron chi connectivity index (χ1n) is 8.62. The van der Waals surface area contributed by atoms with Crippen molar-refractivity contribution in [3.8, 4) is 11.6 Å². The Kier molecular flexibility index (Phi) is 4.51. The molecule has 0 saturated carbocycles. The van der Waals surface area contributed by atoms with Crippen LogP contribution >= 0.6 is 0 Å².